The Hall–Kier alpha value is -1.71. The fourth-order valence-corrected chi connectivity index (χ4v) is 1.76. The summed E-state index contributed by atoms with van der Waals surface area (Å²) in [5, 5.41) is 0. The summed E-state index contributed by atoms with van der Waals surface area (Å²) in [6.45, 7) is 3.71. The van der Waals surface area contributed by atoms with Crippen molar-refractivity contribution >= 4 is 11.6 Å². The molecule has 1 amide bonds. The number of rotatable bonds is 9. The summed E-state index contributed by atoms with van der Waals surface area (Å²) in [4.78, 5) is 12.8. The zero-order valence-electron chi connectivity index (χ0n) is 11.9. The van der Waals surface area contributed by atoms with Crippen molar-refractivity contribution in [1.82, 2.24) is 0 Å². The maximum atomic E-state index is 10.7. The fraction of sp³-hybridized carbons (Fsp3) is 0.533. The van der Waals surface area contributed by atoms with Crippen LogP contribution in [-0.4, -0.2) is 26.1 Å². The number of nitrogens with two attached hydrogens (primary N) is 1. The lowest BCUT2D eigenvalue weighted by molar-refractivity contribution is -0.118. The van der Waals surface area contributed by atoms with Crippen LogP contribution in [0.1, 0.15) is 32.6 Å². The zero-order chi connectivity index (χ0) is 14.1. The molecule has 1 rings (SSSR count). The fourth-order valence-electron chi connectivity index (χ4n) is 1.76. The van der Waals surface area contributed by atoms with E-state index in [-0.39, 0.29) is 5.91 Å². The second-order valence-corrected chi connectivity index (χ2v) is 4.69. The molecule has 0 spiro atoms. The third kappa shape index (κ3) is 6.13. The SMILES string of the molecule is CCCCOc1cccc(N(C)CCCC(N)=O)c1. The number of unbranched alkanes of at least 4 members (excludes halogenated alkanes) is 1. The van der Waals surface area contributed by atoms with Crippen LogP contribution in [0, 0.1) is 0 Å². The van der Waals surface area contributed by atoms with Gasteiger partial charge in [-0.05, 0) is 25.0 Å². The first-order valence-corrected chi connectivity index (χ1v) is 6.85. The molecule has 0 aliphatic rings. The quantitative estimate of drug-likeness (QED) is 0.697. The Morgan fingerprint density at radius 2 is 2.16 bits per heavy atom. The van der Waals surface area contributed by atoms with E-state index in [9.17, 15) is 4.79 Å². The van der Waals surface area contributed by atoms with Crippen LogP contribution in [0.5, 0.6) is 5.75 Å². The molecule has 0 saturated carbocycles. The van der Waals surface area contributed by atoms with Gasteiger partial charge in [0.1, 0.15) is 5.75 Å². The van der Waals surface area contributed by atoms with Gasteiger partial charge in [-0.25, -0.2) is 0 Å². The molecule has 0 unspecified atom stereocenters. The average Bonchev–Trinajstić information content (AvgIpc) is 2.39. The van der Waals surface area contributed by atoms with Crippen LogP contribution in [-0.2, 0) is 4.79 Å². The Morgan fingerprint density at radius 1 is 1.37 bits per heavy atom. The minimum atomic E-state index is -0.245. The highest BCUT2D eigenvalue weighted by atomic mass is 16.5. The summed E-state index contributed by atoms with van der Waals surface area (Å²) in [6.07, 6.45) is 3.40. The molecule has 0 atom stereocenters. The van der Waals surface area contributed by atoms with Crippen LogP contribution in [0.2, 0.25) is 0 Å². The van der Waals surface area contributed by atoms with Gasteiger partial charge in [0.25, 0.3) is 0 Å². The molecule has 1 aromatic carbocycles. The van der Waals surface area contributed by atoms with Crippen molar-refractivity contribution in [3.05, 3.63) is 24.3 Å². The van der Waals surface area contributed by atoms with Crippen molar-refractivity contribution in [3.8, 4) is 5.75 Å². The predicted octanol–water partition coefficient (Wildman–Crippen LogP) is 2.57. The first kappa shape index (κ1) is 15.3. The molecule has 0 aliphatic carbocycles. The molecule has 0 aliphatic heterocycles. The van der Waals surface area contributed by atoms with E-state index in [2.05, 4.69) is 11.8 Å². The smallest absolute Gasteiger partial charge is 0.217 e. The number of hydrogen-bond acceptors (Lipinski definition) is 3. The van der Waals surface area contributed by atoms with Gasteiger partial charge in [-0.15, -0.1) is 0 Å². The highest BCUT2D eigenvalue weighted by molar-refractivity contribution is 5.73. The number of ether oxygens (including phenoxy) is 1. The van der Waals surface area contributed by atoms with Crippen molar-refractivity contribution in [3.63, 3.8) is 0 Å². The highest BCUT2D eigenvalue weighted by Gasteiger charge is 2.03. The van der Waals surface area contributed by atoms with Gasteiger partial charge < -0.3 is 15.4 Å². The largest absolute Gasteiger partial charge is 0.494 e. The number of carbonyl (C=O) groups excluding carboxylic acids is 1. The number of benzene rings is 1. The Labute approximate surface area is 115 Å². The summed E-state index contributed by atoms with van der Waals surface area (Å²) in [5.74, 6) is 0.651. The molecule has 4 heteroatoms. The molecular formula is C15H24N2O2. The zero-order valence-corrected chi connectivity index (χ0v) is 11.9. The van der Waals surface area contributed by atoms with Crippen LogP contribution in [0.4, 0.5) is 5.69 Å². The second kappa shape index (κ2) is 8.40. The average molecular weight is 264 g/mol. The van der Waals surface area contributed by atoms with E-state index in [0.717, 1.165) is 43.9 Å². The van der Waals surface area contributed by atoms with E-state index in [0.29, 0.717) is 6.42 Å². The number of nitrogens with zero attached hydrogens (tertiary/aromatic N) is 1. The number of hydrogen-bond donors (Lipinski definition) is 1. The van der Waals surface area contributed by atoms with E-state index < -0.39 is 0 Å². The lowest BCUT2D eigenvalue weighted by Gasteiger charge is -2.19. The first-order chi connectivity index (χ1) is 9.13. The van der Waals surface area contributed by atoms with Gasteiger partial charge in [0.2, 0.25) is 5.91 Å². The van der Waals surface area contributed by atoms with E-state index in [1.54, 1.807) is 0 Å². The molecule has 4 nitrogen and oxygen atoms in total. The molecular weight excluding hydrogens is 240 g/mol. The van der Waals surface area contributed by atoms with Crippen LogP contribution < -0.4 is 15.4 Å². The third-order valence-electron chi connectivity index (χ3n) is 2.94. The van der Waals surface area contributed by atoms with Gasteiger partial charge in [0.15, 0.2) is 0 Å². The summed E-state index contributed by atoms with van der Waals surface area (Å²) < 4.78 is 5.68. The van der Waals surface area contributed by atoms with Crippen LogP contribution in [0.25, 0.3) is 0 Å². The minimum Gasteiger partial charge on any atom is -0.494 e. The van der Waals surface area contributed by atoms with Crippen molar-refractivity contribution in [1.29, 1.82) is 0 Å². The molecule has 1 aromatic rings. The third-order valence-corrected chi connectivity index (χ3v) is 2.94. The standard InChI is InChI=1S/C15H24N2O2/c1-3-4-11-19-14-8-5-7-13(12-14)17(2)10-6-9-15(16)18/h5,7-8,12H,3-4,6,9-11H2,1-2H3,(H2,16,18). The van der Waals surface area contributed by atoms with Gasteiger partial charge >= 0.3 is 0 Å². The monoisotopic (exact) mass is 264 g/mol. The summed E-state index contributed by atoms with van der Waals surface area (Å²) in [7, 11) is 2.01. The van der Waals surface area contributed by atoms with Gasteiger partial charge in [-0.1, -0.05) is 19.4 Å². The minimum absolute atomic E-state index is 0.245. The van der Waals surface area contributed by atoms with Gasteiger partial charge in [0, 0.05) is 31.8 Å². The Morgan fingerprint density at radius 3 is 2.84 bits per heavy atom. The summed E-state index contributed by atoms with van der Waals surface area (Å²) in [6, 6.07) is 8.02. The van der Waals surface area contributed by atoms with Crippen LogP contribution >= 0.6 is 0 Å². The van der Waals surface area contributed by atoms with Crippen LogP contribution in [0.15, 0.2) is 24.3 Å². The molecule has 0 fully saturated rings. The van der Waals surface area contributed by atoms with E-state index >= 15 is 0 Å². The number of carbonyl (C=O) groups is 1. The van der Waals surface area contributed by atoms with E-state index in [1.807, 2.05) is 31.3 Å². The lowest BCUT2D eigenvalue weighted by Crippen LogP contribution is -2.20. The van der Waals surface area contributed by atoms with Crippen molar-refractivity contribution in [2.75, 3.05) is 25.1 Å². The van der Waals surface area contributed by atoms with E-state index in [1.165, 1.54) is 0 Å². The maximum Gasteiger partial charge on any atom is 0.217 e. The molecule has 0 saturated heterocycles. The molecule has 0 bridgehead atoms. The van der Waals surface area contributed by atoms with Crippen molar-refractivity contribution in [2.45, 2.75) is 32.6 Å². The van der Waals surface area contributed by atoms with Gasteiger partial charge in [0.05, 0.1) is 6.61 Å². The van der Waals surface area contributed by atoms with Gasteiger partial charge in [-0.3, -0.25) is 4.79 Å². The highest BCUT2D eigenvalue weighted by Crippen LogP contribution is 2.20. The number of primary amides is 1. The second-order valence-electron chi connectivity index (χ2n) is 4.69. The maximum absolute atomic E-state index is 10.7. The summed E-state index contributed by atoms with van der Waals surface area (Å²) >= 11 is 0. The van der Waals surface area contributed by atoms with Crippen LogP contribution in [0.3, 0.4) is 0 Å². The van der Waals surface area contributed by atoms with E-state index in [4.69, 9.17) is 10.5 Å². The molecule has 0 heterocycles. The Kier molecular flexibility index (Phi) is 6.79. The van der Waals surface area contributed by atoms with Crippen molar-refractivity contribution < 1.29 is 9.53 Å². The predicted molar refractivity (Wildman–Crippen MR) is 78.5 cm³/mol. The molecule has 0 radical (unpaired) electrons. The normalized spacial score (nSPS) is 10.2. The lowest BCUT2D eigenvalue weighted by atomic mass is 10.2. The Bertz CT molecular complexity index is 393. The Balaban J connectivity index is 2.47. The molecule has 0 aromatic heterocycles. The first-order valence-electron chi connectivity index (χ1n) is 6.85. The topological polar surface area (TPSA) is 55.6 Å². The number of anilines is 1. The summed E-state index contributed by atoms with van der Waals surface area (Å²) in [5.41, 5.74) is 6.23. The number of amides is 1. The molecule has 19 heavy (non-hydrogen) atoms. The van der Waals surface area contributed by atoms with Crippen molar-refractivity contribution in [2.24, 2.45) is 5.73 Å². The van der Waals surface area contributed by atoms with Gasteiger partial charge in [-0.2, -0.15) is 0 Å². The molecule has 106 valence electrons. The molecule has 2 N–H and O–H groups in total.